The van der Waals surface area contributed by atoms with Crippen molar-refractivity contribution in [1.29, 1.82) is 0 Å². The van der Waals surface area contributed by atoms with E-state index in [1.165, 1.54) is 0 Å². The summed E-state index contributed by atoms with van der Waals surface area (Å²) >= 11 is 0. The second-order valence-electron chi connectivity index (χ2n) is 5.80. The Morgan fingerprint density at radius 3 is 2.39 bits per heavy atom. The largest absolute Gasteiger partial charge is 0.463 e. The van der Waals surface area contributed by atoms with Crippen LogP contribution in [0.3, 0.4) is 0 Å². The zero-order valence-corrected chi connectivity index (χ0v) is 14.9. The molecule has 9 heteroatoms. The summed E-state index contributed by atoms with van der Waals surface area (Å²) in [6.45, 7) is 0.879. The molecular weight excluding hydrogens is 379 g/mol. The summed E-state index contributed by atoms with van der Waals surface area (Å²) < 4.78 is 48.9. The van der Waals surface area contributed by atoms with Crippen molar-refractivity contribution in [3.63, 3.8) is 0 Å². The van der Waals surface area contributed by atoms with Crippen LogP contribution in [0, 0.1) is 0 Å². The van der Waals surface area contributed by atoms with Crippen molar-refractivity contribution in [3.05, 3.63) is 70.1 Å². The molecule has 1 atom stereocenters. The van der Waals surface area contributed by atoms with Crippen LogP contribution in [0.4, 0.5) is 13.2 Å². The van der Waals surface area contributed by atoms with Crippen LogP contribution in [0.2, 0.25) is 0 Å². The standard InChI is InChI=1S/C19H18F3NO5/c1-2-27-18(26)15(10-13-6-4-3-5-7-13)28-17(25)12-23-11-14(19(20,21)22)8-9-16(23)24/h3-9,11,15H,2,10,12H2,1H3/t15-/m1/s1. The van der Waals surface area contributed by atoms with Crippen molar-refractivity contribution < 1.29 is 32.2 Å². The molecule has 0 aliphatic heterocycles. The molecule has 150 valence electrons. The Hall–Kier alpha value is -3.10. The van der Waals surface area contributed by atoms with Gasteiger partial charge in [-0.05, 0) is 18.6 Å². The summed E-state index contributed by atoms with van der Waals surface area (Å²) in [6, 6.07) is 10.0. The lowest BCUT2D eigenvalue weighted by atomic mass is 10.1. The molecule has 0 spiro atoms. The highest BCUT2D eigenvalue weighted by Gasteiger charge is 2.31. The highest BCUT2D eigenvalue weighted by molar-refractivity contribution is 5.79. The van der Waals surface area contributed by atoms with Gasteiger partial charge in [-0.2, -0.15) is 13.2 Å². The van der Waals surface area contributed by atoms with E-state index in [1.807, 2.05) is 0 Å². The van der Waals surface area contributed by atoms with Crippen LogP contribution in [0.5, 0.6) is 0 Å². The van der Waals surface area contributed by atoms with Gasteiger partial charge in [-0.15, -0.1) is 0 Å². The average molecular weight is 397 g/mol. The summed E-state index contributed by atoms with van der Waals surface area (Å²) in [5.74, 6) is -1.81. The molecule has 2 rings (SSSR count). The molecule has 0 saturated carbocycles. The van der Waals surface area contributed by atoms with Crippen molar-refractivity contribution in [2.75, 3.05) is 6.61 Å². The Morgan fingerprint density at radius 1 is 1.11 bits per heavy atom. The molecule has 0 unspecified atom stereocenters. The molecule has 0 N–H and O–H groups in total. The number of carbonyl (C=O) groups excluding carboxylic acids is 2. The molecule has 0 amide bonds. The molecule has 1 aromatic carbocycles. The highest BCUT2D eigenvalue weighted by atomic mass is 19.4. The Kier molecular flexibility index (Phi) is 6.97. The van der Waals surface area contributed by atoms with Crippen LogP contribution >= 0.6 is 0 Å². The van der Waals surface area contributed by atoms with Crippen LogP contribution in [-0.2, 0) is 38.2 Å². The van der Waals surface area contributed by atoms with Gasteiger partial charge in [0, 0.05) is 18.7 Å². The molecule has 1 heterocycles. The van der Waals surface area contributed by atoms with E-state index in [-0.39, 0.29) is 13.0 Å². The first kappa shape index (κ1) is 21.2. The second-order valence-corrected chi connectivity index (χ2v) is 5.80. The zero-order valence-electron chi connectivity index (χ0n) is 14.9. The van der Waals surface area contributed by atoms with Crippen molar-refractivity contribution in [1.82, 2.24) is 4.57 Å². The van der Waals surface area contributed by atoms with E-state index in [1.54, 1.807) is 37.3 Å². The lowest BCUT2D eigenvalue weighted by Gasteiger charge is -2.17. The number of rotatable bonds is 7. The normalized spacial score (nSPS) is 12.3. The molecule has 0 aliphatic rings. The number of pyridine rings is 1. The SMILES string of the molecule is CCOC(=O)[C@@H](Cc1ccccc1)OC(=O)Cn1cc(C(F)(F)F)ccc1=O. The highest BCUT2D eigenvalue weighted by Crippen LogP contribution is 2.28. The van der Waals surface area contributed by atoms with E-state index in [4.69, 9.17) is 9.47 Å². The molecular formula is C19H18F3NO5. The molecule has 0 saturated heterocycles. The third-order valence-electron chi connectivity index (χ3n) is 3.70. The molecule has 2 aromatic rings. The summed E-state index contributed by atoms with van der Waals surface area (Å²) in [7, 11) is 0. The van der Waals surface area contributed by atoms with Crippen LogP contribution in [0.25, 0.3) is 0 Å². The van der Waals surface area contributed by atoms with Gasteiger partial charge in [0.15, 0.2) is 0 Å². The lowest BCUT2D eigenvalue weighted by Crippen LogP contribution is -2.34. The average Bonchev–Trinajstić information content (AvgIpc) is 2.63. The number of ether oxygens (including phenoxy) is 2. The molecule has 0 bridgehead atoms. The second kappa shape index (κ2) is 9.20. The Bertz CT molecular complexity index is 877. The first-order valence-corrected chi connectivity index (χ1v) is 8.38. The van der Waals surface area contributed by atoms with Gasteiger partial charge in [-0.25, -0.2) is 4.79 Å². The van der Waals surface area contributed by atoms with Crippen molar-refractivity contribution in [2.24, 2.45) is 0 Å². The van der Waals surface area contributed by atoms with Gasteiger partial charge < -0.3 is 14.0 Å². The van der Waals surface area contributed by atoms with E-state index in [2.05, 4.69) is 0 Å². The topological polar surface area (TPSA) is 74.6 Å². The molecule has 0 radical (unpaired) electrons. The minimum atomic E-state index is -4.67. The molecule has 1 aromatic heterocycles. The van der Waals surface area contributed by atoms with Crippen LogP contribution in [0.1, 0.15) is 18.1 Å². The fraction of sp³-hybridized carbons (Fsp3) is 0.316. The van der Waals surface area contributed by atoms with Crippen molar-refractivity contribution >= 4 is 11.9 Å². The van der Waals surface area contributed by atoms with Crippen LogP contribution < -0.4 is 5.56 Å². The minimum Gasteiger partial charge on any atom is -0.463 e. The maximum absolute atomic E-state index is 12.8. The number of aromatic nitrogens is 1. The number of benzene rings is 1. The number of hydrogen-bond donors (Lipinski definition) is 0. The first-order chi connectivity index (χ1) is 13.2. The fourth-order valence-corrected chi connectivity index (χ4v) is 2.39. The van der Waals surface area contributed by atoms with Crippen LogP contribution in [-0.4, -0.2) is 29.2 Å². The predicted octanol–water partition coefficient (Wildman–Crippen LogP) is 2.58. The van der Waals surface area contributed by atoms with E-state index < -0.39 is 41.9 Å². The molecule has 28 heavy (non-hydrogen) atoms. The number of esters is 2. The van der Waals surface area contributed by atoms with Gasteiger partial charge in [0.2, 0.25) is 6.10 Å². The van der Waals surface area contributed by atoms with E-state index in [0.29, 0.717) is 28.5 Å². The fourth-order valence-electron chi connectivity index (χ4n) is 2.39. The van der Waals surface area contributed by atoms with Gasteiger partial charge in [0.25, 0.3) is 5.56 Å². The maximum atomic E-state index is 12.8. The minimum absolute atomic E-state index is 0.0307. The third kappa shape index (κ3) is 5.97. The number of hydrogen-bond acceptors (Lipinski definition) is 5. The van der Waals surface area contributed by atoms with Gasteiger partial charge in [0.05, 0.1) is 12.2 Å². The summed E-state index contributed by atoms with van der Waals surface area (Å²) in [6.07, 6.45) is -5.39. The summed E-state index contributed by atoms with van der Waals surface area (Å²) in [5.41, 5.74) is -1.18. The first-order valence-electron chi connectivity index (χ1n) is 8.38. The smallest absolute Gasteiger partial charge is 0.417 e. The Morgan fingerprint density at radius 2 is 1.79 bits per heavy atom. The Labute approximate surface area is 158 Å². The lowest BCUT2D eigenvalue weighted by molar-refractivity contribution is -0.168. The molecule has 6 nitrogen and oxygen atoms in total. The summed E-state index contributed by atoms with van der Waals surface area (Å²) in [4.78, 5) is 36.0. The van der Waals surface area contributed by atoms with Crippen molar-refractivity contribution in [2.45, 2.75) is 32.2 Å². The van der Waals surface area contributed by atoms with Gasteiger partial charge in [-0.3, -0.25) is 9.59 Å². The molecule has 0 fully saturated rings. The predicted molar refractivity (Wildman–Crippen MR) is 92.4 cm³/mol. The van der Waals surface area contributed by atoms with E-state index in [0.717, 1.165) is 0 Å². The maximum Gasteiger partial charge on any atom is 0.417 e. The number of nitrogens with zero attached hydrogens (tertiary/aromatic N) is 1. The monoisotopic (exact) mass is 397 g/mol. The van der Waals surface area contributed by atoms with E-state index >= 15 is 0 Å². The quantitative estimate of drug-likeness (QED) is 0.672. The number of carbonyl (C=O) groups is 2. The van der Waals surface area contributed by atoms with Crippen molar-refractivity contribution in [3.8, 4) is 0 Å². The zero-order chi connectivity index (χ0) is 20.7. The number of alkyl halides is 3. The third-order valence-corrected chi connectivity index (χ3v) is 3.70. The Balaban J connectivity index is 2.15. The van der Waals surface area contributed by atoms with E-state index in [9.17, 15) is 27.6 Å². The van der Waals surface area contributed by atoms with Gasteiger partial charge >= 0.3 is 18.1 Å². The summed E-state index contributed by atoms with van der Waals surface area (Å²) in [5, 5.41) is 0. The molecule has 0 aliphatic carbocycles. The van der Waals surface area contributed by atoms with Crippen LogP contribution in [0.15, 0.2) is 53.5 Å². The number of halogens is 3. The van der Waals surface area contributed by atoms with Gasteiger partial charge in [-0.1, -0.05) is 30.3 Å². The van der Waals surface area contributed by atoms with Gasteiger partial charge in [0.1, 0.15) is 6.54 Å².